The highest BCUT2D eigenvalue weighted by molar-refractivity contribution is 7.09. The van der Waals surface area contributed by atoms with Gasteiger partial charge >= 0.3 is 0 Å². The van der Waals surface area contributed by atoms with Crippen molar-refractivity contribution < 1.29 is 4.79 Å². The van der Waals surface area contributed by atoms with E-state index in [9.17, 15) is 4.79 Å². The molecule has 2 heterocycles. The summed E-state index contributed by atoms with van der Waals surface area (Å²) in [6.07, 6.45) is 1.97. The zero-order valence-corrected chi connectivity index (χ0v) is 12.1. The molecule has 1 aliphatic heterocycles. The summed E-state index contributed by atoms with van der Waals surface area (Å²) in [7, 11) is 0. The van der Waals surface area contributed by atoms with Gasteiger partial charge in [0, 0.05) is 24.5 Å². The summed E-state index contributed by atoms with van der Waals surface area (Å²) in [6, 6.07) is 4.25. The molecule has 1 aromatic rings. The van der Waals surface area contributed by atoms with Crippen LogP contribution < -0.4 is 5.32 Å². The molecule has 1 atom stereocenters. The van der Waals surface area contributed by atoms with Crippen molar-refractivity contribution in [1.29, 1.82) is 0 Å². The van der Waals surface area contributed by atoms with Gasteiger partial charge in [0.1, 0.15) is 0 Å². The fourth-order valence-electron chi connectivity index (χ4n) is 2.45. The molecule has 3 nitrogen and oxygen atoms in total. The Hall–Kier alpha value is -0.870. The lowest BCUT2D eigenvalue weighted by atomic mass is 9.89. The predicted molar refractivity (Wildman–Crippen MR) is 75.6 cm³/mol. The van der Waals surface area contributed by atoms with Crippen LogP contribution in [0.15, 0.2) is 17.5 Å². The van der Waals surface area contributed by atoms with Crippen LogP contribution in [-0.4, -0.2) is 30.4 Å². The average Bonchev–Trinajstić information content (AvgIpc) is 2.97. The molecular formula is C14H22N2OS. The summed E-state index contributed by atoms with van der Waals surface area (Å²) in [5.41, 5.74) is -0.202. The first kappa shape index (κ1) is 13.6. The Morgan fingerprint density at radius 2 is 2.44 bits per heavy atom. The molecule has 100 valence electrons. The van der Waals surface area contributed by atoms with Crippen molar-refractivity contribution in [3.8, 4) is 0 Å². The molecule has 1 saturated heterocycles. The molecule has 1 N–H and O–H groups in total. The number of amides is 1. The lowest BCUT2D eigenvalue weighted by molar-refractivity contribution is -0.129. The molecule has 0 aromatic carbocycles. The second-order valence-corrected chi connectivity index (χ2v) is 6.39. The molecule has 0 spiro atoms. The highest BCUT2D eigenvalue weighted by Gasteiger charge is 2.39. The van der Waals surface area contributed by atoms with Gasteiger partial charge < -0.3 is 5.32 Å². The lowest BCUT2D eigenvalue weighted by Crippen LogP contribution is -2.41. The molecule has 1 aliphatic rings. The monoisotopic (exact) mass is 266 g/mol. The Morgan fingerprint density at radius 1 is 1.61 bits per heavy atom. The minimum Gasteiger partial charge on any atom is -0.356 e. The fraction of sp³-hybridized carbons (Fsp3) is 0.643. The smallest absolute Gasteiger partial charge is 0.227 e. The van der Waals surface area contributed by atoms with Crippen molar-refractivity contribution >= 4 is 17.2 Å². The first-order valence-electron chi connectivity index (χ1n) is 6.67. The van der Waals surface area contributed by atoms with E-state index < -0.39 is 0 Å². The summed E-state index contributed by atoms with van der Waals surface area (Å²) in [5, 5.41) is 5.14. The Morgan fingerprint density at radius 3 is 3.11 bits per heavy atom. The van der Waals surface area contributed by atoms with Crippen LogP contribution in [0.5, 0.6) is 0 Å². The van der Waals surface area contributed by atoms with Gasteiger partial charge in [0.15, 0.2) is 0 Å². The quantitative estimate of drug-likeness (QED) is 0.888. The maximum absolute atomic E-state index is 12.1. The third kappa shape index (κ3) is 3.12. The van der Waals surface area contributed by atoms with Crippen molar-refractivity contribution in [3.05, 3.63) is 22.4 Å². The zero-order chi connectivity index (χ0) is 13.0. The maximum Gasteiger partial charge on any atom is 0.227 e. The van der Waals surface area contributed by atoms with Crippen LogP contribution in [0.2, 0.25) is 0 Å². The van der Waals surface area contributed by atoms with Crippen molar-refractivity contribution in [3.63, 3.8) is 0 Å². The molecule has 1 unspecified atom stereocenters. The average molecular weight is 266 g/mol. The number of rotatable bonds is 5. The van der Waals surface area contributed by atoms with E-state index in [-0.39, 0.29) is 11.3 Å². The van der Waals surface area contributed by atoms with Crippen molar-refractivity contribution in [1.82, 2.24) is 10.2 Å². The first-order valence-corrected chi connectivity index (χ1v) is 7.55. The summed E-state index contributed by atoms with van der Waals surface area (Å²) in [6.45, 7) is 7.84. The molecule has 4 heteroatoms. The molecule has 2 rings (SSSR count). The second kappa shape index (κ2) is 5.85. The molecule has 18 heavy (non-hydrogen) atoms. The van der Waals surface area contributed by atoms with Crippen LogP contribution in [0.4, 0.5) is 0 Å². The summed E-state index contributed by atoms with van der Waals surface area (Å²) in [4.78, 5) is 15.9. The first-order chi connectivity index (χ1) is 8.64. The van der Waals surface area contributed by atoms with Crippen LogP contribution in [0, 0.1) is 5.41 Å². The van der Waals surface area contributed by atoms with Crippen molar-refractivity contribution in [2.75, 3.05) is 19.6 Å². The molecule has 1 fully saturated rings. The van der Waals surface area contributed by atoms with E-state index in [2.05, 4.69) is 41.6 Å². The minimum absolute atomic E-state index is 0.202. The SMILES string of the molecule is CCCNC(=O)C1(C)CCN(Cc2cccs2)C1. The predicted octanol–water partition coefficient (Wildman–Crippen LogP) is 2.49. The van der Waals surface area contributed by atoms with Gasteiger partial charge in [0.2, 0.25) is 5.91 Å². The third-order valence-electron chi connectivity index (χ3n) is 3.60. The van der Waals surface area contributed by atoms with Gasteiger partial charge in [-0.1, -0.05) is 13.0 Å². The van der Waals surface area contributed by atoms with E-state index in [1.807, 2.05) is 0 Å². The molecule has 0 radical (unpaired) electrons. The van der Waals surface area contributed by atoms with Crippen LogP contribution in [0.1, 0.15) is 31.6 Å². The molecule has 0 bridgehead atoms. The Labute approximate surface area is 113 Å². The topological polar surface area (TPSA) is 32.3 Å². The van der Waals surface area contributed by atoms with Crippen LogP contribution in [0.3, 0.4) is 0 Å². The van der Waals surface area contributed by atoms with E-state index in [0.29, 0.717) is 0 Å². The molecule has 0 saturated carbocycles. The van der Waals surface area contributed by atoms with E-state index in [4.69, 9.17) is 0 Å². The van der Waals surface area contributed by atoms with Crippen LogP contribution in [0.25, 0.3) is 0 Å². The highest BCUT2D eigenvalue weighted by Crippen LogP contribution is 2.31. The summed E-state index contributed by atoms with van der Waals surface area (Å²) in [5.74, 6) is 0.220. The number of carbonyl (C=O) groups excluding carboxylic acids is 1. The highest BCUT2D eigenvalue weighted by atomic mass is 32.1. The maximum atomic E-state index is 12.1. The largest absolute Gasteiger partial charge is 0.356 e. The van der Waals surface area contributed by atoms with E-state index in [1.54, 1.807) is 11.3 Å². The lowest BCUT2D eigenvalue weighted by Gasteiger charge is -2.23. The van der Waals surface area contributed by atoms with Crippen molar-refractivity contribution in [2.45, 2.75) is 33.2 Å². The normalized spacial score (nSPS) is 24.3. The molecular weight excluding hydrogens is 244 g/mol. The summed E-state index contributed by atoms with van der Waals surface area (Å²) < 4.78 is 0. The van der Waals surface area contributed by atoms with E-state index in [0.717, 1.165) is 39.0 Å². The van der Waals surface area contributed by atoms with Gasteiger partial charge in [-0.2, -0.15) is 0 Å². The van der Waals surface area contributed by atoms with Gasteiger partial charge in [0.05, 0.1) is 5.41 Å². The summed E-state index contributed by atoms with van der Waals surface area (Å²) >= 11 is 1.79. The number of thiophene rings is 1. The van der Waals surface area contributed by atoms with Gasteiger partial charge in [-0.25, -0.2) is 0 Å². The number of nitrogens with zero attached hydrogens (tertiary/aromatic N) is 1. The van der Waals surface area contributed by atoms with E-state index >= 15 is 0 Å². The van der Waals surface area contributed by atoms with Crippen LogP contribution in [-0.2, 0) is 11.3 Å². The second-order valence-electron chi connectivity index (χ2n) is 5.36. The Kier molecular flexibility index (Phi) is 4.40. The van der Waals surface area contributed by atoms with Gasteiger partial charge in [0.25, 0.3) is 0 Å². The number of likely N-dealkylation sites (tertiary alicyclic amines) is 1. The van der Waals surface area contributed by atoms with Crippen molar-refractivity contribution in [2.24, 2.45) is 5.41 Å². The minimum atomic E-state index is -0.202. The van der Waals surface area contributed by atoms with Gasteiger partial charge in [-0.15, -0.1) is 11.3 Å². The van der Waals surface area contributed by atoms with Crippen LogP contribution >= 0.6 is 11.3 Å². The fourth-order valence-corrected chi connectivity index (χ4v) is 3.20. The van der Waals surface area contributed by atoms with E-state index in [1.165, 1.54) is 4.88 Å². The van der Waals surface area contributed by atoms with Gasteiger partial charge in [-0.3, -0.25) is 9.69 Å². The molecule has 0 aliphatic carbocycles. The Balaban J connectivity index is 1.88. The Bertz CT molecular complexity index is 391. The number of nitrogens with one attached hydrogen (secondary N) is 1. The molecule has 1 aromatic heterocycles. The zero-order valence-electron chi connectivity index (χ0n) is 11.2. The number of hydrogen-bond acceptors (Lipinski definition) is 3. The number of hydrogen-bond donors (Lipinski definition) is 1. The third-order valence-corrected chi connectivity index (χ3v) is 4.46. The molecule has 1 amide bonds. The van der Waals surface area contributed by atoms with Gasteiger partial charge in [-0.05, 0) is 37.8 Å². The number of carbonyl (C=O) groups is 1. The standard InChI is InChI=1S/C14H22N2OS/c1-3-7-15-13(17)14(2)6-8-16(11-14)10-12-5-4-9-18-12/h4-5,9H,3,6-8,10-11H2,1-2H3,(H,15,17).